The Morgan fingerprint density at radius 1 is 1.61 bits per heavy atom. The molecule has 0 bridgehead atoms. The third kappa shape index (κ3) is 4.16. The van der Waals surface area contributed by atoms with Crippen molar-refractivity contribution < 1.29 is 13.9 Å². The summed E-state index contributed by atoms with van der Waals surface area (Å²) in [5.41, 5.74) is 5.47. The number of benzene rings is 1. The van der Waals surface area contributed by atoms with Crippen molar-refractivity contribution in [2.75, 3.05) is 20.2 Å². The Hall–Kier alpha value is -1.33. The van der Waals surface area contributed by atoms with Crippen LogP contribution in [0, 0.1) is 5.82 Å². The number of hydrogen-bond acceptors (Lipinski definition) is 3. The molecule has 0 saturated carbocycles. The summed E-state index contributed by atoms with van der Waals surface area (Å²) in [7, 11) is 1.64. The summed E-state index contributed by atoms with van der Waals surface area (Å²) in [5.74, 6) is -0.194. The highest BCUT2D eigenvalue weighted by molar-refractivity contribution is 6.32. The van der Waals surface area contributed by atoms with Crippen molar-refractivity contribution >= 4 is 17.5 Å². The number of likely N-dealkylation sites (N-methyl/N-ethyl adjacent to an activating group) is 1. The molecule has 4 nitrogen and oxygen atoms in total. The molecule has 0 aliphatic rings. The van der Waals surface area contributed by atoms with Crippen molar-refractivity contribution in [3.8, 4) is 5.75 Å². The van der Waals surface area contributed by atoms with Crippen molar-refractivity contribution in [1.29, 1.82) is 0 Å². The van der Waals surface area contributed by atoms with Crippen molar-refractivity contribution in [3.63, 3.8) is 0 Å². The lowest BCUT2D eigenvalue weighted by molar-refractivity contribution is -0.131. The Kier molecular flexibility index (Phi) is 5.37. The number of halogens is 2. The van der Waals surface area contributed by atoms with Gasteiger partial charge in [-0.1, -0.05) is 11.6 Å². The van der Waals surface area contributed by atoms with Crippen molar-refractivity contribution in [2.45, 2.75) is 13.0 Å². The first-order chi connectivity index (χ1) is 8.41. The molecule has 1 aromatic rings. The largest absolute Gasteiger partial charge is 0.490 e. The van der Waals surface area contributed by atoms with Crippen LogP contribution in [0.25, 0.3) is 0 Å². The van der Waals surface area contributed by atoms with Crippen LogP contribution >= 0.6 is 11.6 Å². The zero-order valence-corrected chi connectivity index (χ0v) is 11.1. The van der Waals surface area contributed by atoms with Crippen LogP contribution in [-0.4, -0.2) is 37.0 Å². The van der Waals surface area contributed by atoms with Crippen LogP contribution in [0.3, 0.4) is 0 Å². The second kappa shape index (κ2) is 6.56. The fraction of sp³-hybridized carbons (Fsp3) is 0.417. The summed E-state index contributed by atoms with van der Waals surface area (Å²) in [6, 6.07) is 3.35. The Bertz CT molecular complexity index is 427. The first-order valence-corrected chi connectivity index (χ1v) is 5.88. The van der Waals surface area contributed by atoms with Gasteiger partial charge in [0.1, 0.15) is 18.2 Å². The minimum absolute atomic E-state index is 0.163. The standard InChI is InChI=1S/C12H16ClFN2O2/c1-8(15)12(17)16(2)5-6-18-11-4-3-9(14)7-10(11)13/h3-4,7-8H,5-6,15H2,1-2H3. The van der Waals surface area contributed by atoms with Crippen LogP contribution in [0.4, 0.5) is 4.39 Å². The lowest BCUT2D eigenvalue weighted by atomic mass is 10.3. The van der Waals surface area contributed by atoms with Gasteiger partial charge in [0, 0.05) is 7.05 Å². The molecule has 2 N–H and O–H groups in total. The molecule has 100 valence electrons. The summed E-state index contributed by atoms with van der Waals surface area (Å²) in [6.45, 7) is 2.27. The lowest BCUT2D eigenvalue weighted by Gasteiger charge is -2.19. The van der Waals surface area contributed by atoms with Crippen LogP contribution < -0.4 is 10.5 Å². The molecule has 6 heteroatoms. The van der Waals surface area contributed by atoms with E-state index in [-0.39, 0.29) is 17.5 Å². The van der Waals surface area contributed by atoms with Crippen LogP contribution in [0.1, 0.15) is 6.92 Å². The van der Waals surface area contributed by atoms with Gasteiger partial charge < -0.3 is 15.4 Å². The Labute approximate surface area is 110 Å². The van der Waals surface area contributed by atoms with E-state index in [1.165, 1.54) is 23.1 Å². The van der Waals surface area contributed by atoms with Gasteiger partial charge in [-0.05, 0) is 25.1 Å². The van der Waals surface area contributed by atoms with Crippen LogP contribution in [0.2, 0.25) is 5.02 Å². The molecule has 0 radical (unpaired) electrons. The fourth-order valence-electron chi connectivity index (χ4n) is 1.34. The minimum Gasteiger partial charge on any atom is -0.490 e. The number of ether oxygens (including phenoxy) is 1. The highest BCUT2D eigenvalue weighted by Gasteiger charge is 2.13. The van der Waals surface area contributed by atoms with Crippen molar-refractivity contribution in [2.24, 2.45) is 5.73 Å². The van der Waals surface area contributed by atoms with Crippen LogP contribution in [0.15, 0.2) is 18.2 Å². The summed E-state index contributed by atoms with van der Waals surface area (Å²) < 4.78 is 18.1. The Morgan fingerprint density at radius 3 is 2.83 bits per heavy atom. The molecule has 0 fully saturated rings. The quantitative estimate of drug-likeness (QED) is 0.888. The SMILES string of the molecule is CC(N)C(=O)N(C)CCOc1ccc(F)cc1Cl. The van der Waals surface area contributed by atoms with E-state index in [0.29, 0.717) is 12.3 Å². The number of rotatable bonds is 5. The average molecular weight is 275 g/mol. The number of hydrogen-bond donors (Lipinski definition) is 1. The summed E-state index contributed by atoms with van der Waals surface area (Å²) >= 11 is 5.79. The molecule has 1 amide bonds. The second-order valence-electron chi connectivity index (χ2n) is 3.97. The first kappa shape index (κ1) is 14.7. The lowest BCUT2D eigenvalue weighted by Crippen LogP contribution is -2.41. The Balaban J connectivity index is 2.44. The predicted molar refractivity (Wildman–Crippen MR) is 68.2 cm³/mol. The molecular weight excluding hydrogens is 259 g/mol. The van der Waals surface area contributed by atoms with Crippen molar-refractivity contribution in [3.05, 3.63) is 29.0 Å². The van der Waals surface area contributed by atoms with E-state index in [1.54, 1.807) is 14.0 Å². The number of carbonyl (C=O) groups excluding carboxylic acids is 1. The van der Waals surface area contributed by atoms with E-state index in [0.717, 1.165) is 0 Å². The van der Waals surface area contributed by atoms with Gasteiger partial charge in [0.25, 0.3) is 0 Å². The van der Waals surface area contributed by atoms with Gasteiger partial charge in [-0.15, -0.1) is 0 Å². The van der Waals surface area contributed by atoms with Gasteiger partial charge in [-0.3, -0.25) is 4.79 Å². The fourth-order valence-corrected chi connectivity index (χ4v) is 1.56. The van der Waals surface area contributed by atoms with E-state index in [2.05, 4.69) is 0 Å². The first-order valence-electron chi connectivity index (χ1n) is 5.50. The van der Waals surface area contributed by atoms with Gasteiger partial charge in [-0.25, -0.2) is 4.39 Å². The smallest absolute Gasteiger partial charge is 0.239 e. The third-order valence-corrected chi connectivity index (χ3v) is 2.64. The molecule has 0 saturated heterocycles. The molecule has 1 rings (SSSR count). The van der Waals surface area contributed by atoms with E-state index < -0.39 is 11.9 Å². The minimum atomic E-state index is -0.538. The molecule has 0 aliphatic carbocycles. The van der Waals surface area contributed by atoms with E-state index in [1.807, 2.05) is 0 Å². The van der Waals surface area contributed by atoms with Gasteiger partial charge in [0.15, 0.2) is 0 Å². The number of amides is 1. The maximum absolute atomic E-state index is 12.8. The van der Waals surface area contributed by atoms with Crippen LogP contribution in [0.5, 0.6) is 5.75 Å². The van der Waals surface area contributed by atoms with E-state index in [9.17, 15) is 9.18 Å². The van der Waals surface area contributed by atoms with E-state index >= 15 is 0 Å². The molecule has 0 aromatic heterocycles. The normalized spacial score (nSPS) is 12.1. The zero-order chi connectivity index (χ0) is 13.7. The number of nitrogens with two attached hydrogens (primary N) is 1. The van der Waals surface area contributed by atoms with Gasteiger partial charge >= 0.3 is 0 Å². The monoisotopic (exact) mass is 274 g/mol. The number of carbonyl (C=O) groups is 1. The molecule has 1 unspecified atom stereocenters. The van der Waals surface area contributed by atoms with E-state index in [4.69, 9.17) is 22.1 Å². The summed E-state index contributed by atoms with van der Waals surface area (Å²) in [4.78, 5) is 12.9. The summed E-state index contributed by atoms with van der Waals surface area (Å²) in [5, 5.41) is 0.205. The predicted octanol–water partition coefficient (Wildman–Crippen LogP) is 1.66. The highest BCUT2D eigenvalue weighted by Crippen LogP contribution is 2.24. The third-order valence-electron chi connectivity index (χ3n) is 2.34. The van der Waals surface area contributed by atoms with Gasteiger partial charge in [0.05, 0.1) is 17.6 Å². The number of nitrogens with zero attached hydrogens (tertiary/aromatic N) is 1. The molecule has 1 atom stereocenters. The van der Waals surface area contributed by atoms with Crippen LogP contribution in [-0.2, 0) is 4.79 Å². The average Bonchev–Trinajstić information content (AvgIpc) is 2.30. The van der Waals surface area contributed by atoms with Gasteiger partial charge in [0.2, 0.25) is 5.91 Å². The molecule has 0 aliphatic heterocycles. The topological polar surface area (TPSA) is 55.6 Å². The maximum Gasteiger partial charge on any atom is 0.239 e. The van der Waals surface area contributed by atoms with Crippen molar-refractivity contribution in [1.82, 2.24) is 4.90 Å². The second-order valence-corrected chi connectivity index (χ2v) is 4.38. The zero-order valence-electron chi connectivity index (χ0n) is 10.3. The molecular formula is C12H16ClFN2O2. The summed E-state index contributed by atoms with van der Waals surface area (Å²) in [6.07, 6.45) is 0. The molecule has 0 heterocycles. The molecule has 18 heavy (non-hydrogen) atoms. The molecule has 1 aromatic carbocycles. The maximum atomic E-state index is 12.8. The Morgan fingerprint density at radius 2 is 2.28 bits per heavy atom. The van der Waals surface area contributed by atoms with Gasteiger partial charge in [-0.2, -0.15) is 0 Å². The highest BCUT2D eigenvalue weighted by atomic mass is 35.5. The molecule has 0 spiro atoms.